The Hall–Kier alpha value is -1.34. The number of nitrogens with one attached hydrogen (secondary N) is 1. The van der Waals surface area contributed by atoms with Gasteiger partial charge in [0.05, 0.1) is 18.2 Å². The number of ether oxygens (including phenoxy) is 1. The van der Waals surface area contributed by atoms with Crippen LogP contribution in [0.25, 0.3) is 0 Å². The van der Waals surface area contributed by atoms with Crippen LogP contribution in [0.2, 0.25) is 0 Å². The van der Waals surface area contributed by atoms with Crippen LogP contribution in [-0.4, -0.2) is 77.2 Å². The average Bonchev–Trinajstić information content (AvgIpc) is 3.47. The van der Waals surface area contributed by atoms with Gasteiger partial charge in [0.1, 0.15) is 0 Å². The van der Waals surface area contributed by atoms with Crippen molar-refractivity contribution in [3.05, 3.63) is 0 Å². The third-order valence-corrected chi connectivity index (χ3v) is 8.67. The maximum atomic E-state index is 13.2. The molecule has 3 saturated carbocycles. The Morgan fingerprint density at radius 2 is 1.78 bits per heavy atom. The van der Waals surface area contributed by atoms with Crippen LogP contribution in [0.1, 0.15) is 72.1 Å². The van der Waals surface area contributed by atoms with Gasteiger partial charge in [-0.2, -0.15) is 0 Å². The fourth-order valence-electron chi connectivity index (χ4n) is 6.59. The molecule has 180 valence electrons. The van der Waals surface area contributed by atoms with E-state index in [1.54, 1.807) is 0 Å². The summed E-state index contributed by atoms with van der Waals surface area (Å²) >= 11 is 0. The van der Waals surface area contributed by atoms with E-state index in [0.717, 1.165) is 51.1 Å². The van der Waals surface area contributed by atoms with E-state index in [-0.39, 0.29) is 36.2 Å². The van der Waals surface area contributed by atoms with Gasteiger partial charge in [0.25, 0.3) is 0 Å². The summed E-state index contributed by atoms with van der Waals surface area (Å²) in [7, 11) is 0. The second-order valence-corrected chi connectivity index (χ2v) is 11.5. The molecule has 2 heterocycles. The molecule has 5 rings (SSSR count). The molecular weight excluding hydrogens is 404 g/mol. The third kappa shape index (κ3) is 4.52. The quantitative estimate of drug-likeness (QED) is 0.702. The van der Waals surface area contributed by atoms with Crippen molar-refractivity contribution in [3.63, 3.8) is 0 Å². The van der Waals surface area contributed by atoms with Gasteiger partial charge in [-0.3, -0.25) is 10.2 Å². The van der Waals surface area contributed by atoms with E-state index in [1.165, 1.54) is 25.8 Å². The van der Waals surface area contributed by atoms with Gasteiger partial charge < -0.3 is 14.5 Å². The lowest BCUT2D eigenvalue weighted by atomic mass is 9.73. The van der Waals surface area contributed by atoms with E-state index in [4.69, 9.17) is 4.74 Å². The first kappa shape index (κ1) is 22.5. The van der Waals surface area contributed by atoms with Crippen LogP contribution >= 0.6 is 0 Å². The summed E-state index contributed by atoms with van der Waals surface area (Å²) in [5, 5.41) is 2.46. The van der Waals surface area contributed by atoms with Crippen molar-refractivity contribution in [2.45, 2.75) is 96.4 Å². The first-order chi connectivity index (χ1) is 15.4. The smallest absolute Gasteiger partial charge is 0.410 e. The zero-order chi connectivity index (χ0) is 22.4. The molecule has 0 radical (unpaired) electrons. The number of rotatable bonds is 5. The Bertz CT molecular complexity index is 707. The average molecular weight is 447 g/mol. The molecule has 3 aliphatic carbocycles. The molecular formula is C25H42N4O3. The van der Waals surface area contributed by atoms with Gasteiger partial charge in [-0.15, -0.1) is 0 Å². The highest BCUT2D eigenvalue weighted by molar-refractivity contribution is 5.82. The third-order valence-electron chi connectivity index (χ3n) is 8.67. The van der Waals surface area contributed by atoms with Crippen LogP contribution in [-0.2, 0) is 9.53 Å². The number of carbonyl (C=O) groups is 2. The van der Waals surface area contributed by atoms with Gasteiger partial charge in [0.2, 0.25) is 5.91 Å². The molecule has 5 fully saturated rings. The molecule has 2 aliphatic heterocycles. The molecule has 4 unspecified atom stereocenters. The van der Waals surface area contributed by atoms with E-state index in [1.807, 2.05) is 18.7 Å². The maximum Gasteiger partial charge on any atom is 0.410 e. The molecule has 0 aromatic heterocycles. The SMILES string of the molecule is CC(C)OC(=O)N1C[C@H](C)N(C(=O)C2CC2)C2CCC(C3CNN(CC4CCC4)C3)CC21. The van der Waals surface area contributed by atoms with Crippen molar-refractivity contribution in [1.29, 1.82) is 0 Å². The van der Waals surface area contributed by atoms with Crippen molar-refractivity contribution in [2.75, 3.05) is 26.2 Å². The molecule has 2 saturated heterocycles. The number of fused-ring (bicyclic) bond motifs is 1. The lowest BCUT2D eigenvalue weighted by Gasteiger charge is -2.54. The normalized spacial score (nSPS) is 36.2. The van der Waals surface area contributed by atoms with Gasteiger partial charge in [0, 0.05) is 38.1 Å². The first-order valence-electron chi connectivity index (χ1n) is 13.2. The summed E-state index contributed by atoms with van der Waals surface area (Å²) in [6.07, 6.45) is 9.04. The van der Waals surface area contributed by atoms with Crippen LogP contribution in [0.3, 0.4) is 0 Å². The van der Waals surface area contributed by atoms with Gasteiger partial charge in [-0.25, -0.2) is 9.80 Å². The number of hydrazine groups is 1. The Kier molecular flexibility index (Phi) is 6.41. The number of amides is 2. The van der Waals surface area contributed by atoms with Crippen LogP contribution in [0.15, 0.2) is 0 Å². The molecule has 1 N–H and O–H groups in total. The fourth-order valence-corrected chi connectivity index (χ4v) is 6.59. The van der Waals surface area contributed by atoms with Gasteiger partial charge in [-0.1, -0.05) is 6.42 Å². The van der Waals surface area contributed by atoms with Crippen molar-refractivity contribution in [2.24, 2.45) is 23.7 Å². The Morgan fingerprint density at radius 1 is 1.00 bits per heavy atom. The Labute approximate surface area is 193 Å². The highest BCUT2D eigenvalue weighted by Crippen LogP contribution is 2.42. The Balaban J connectivity index is 1.29. The van der Waals surface area contributed by atoms with E-state index in [0.29, 0.717) is 24.3 Å². The molecule has 5 atom stereocenters. The standard InChI is InChI=1S/C25H42N4O3/c1-16(2)32-25(31)28-13-17(3)29(24(30)19-7-8-19)22-10-9-20(11-23(22)28)21-12-26-27(15-21)14-18-5-4-6-18/h16-23,26H,4-15H2,1-3H3/t17-,20?,21?,22?,23?/m0/s1. The number of hydrogen-bond donors (Lipinski definition) is 1. The van der Waals surface area contributed by atoms with Crippen molar-refractivity contribution in [1.82, 2.24) is 20.2 Å². The van der Waals surface area contributed by atoms with Gasteiger partial charge in [0.15, 0.2) is 0 Å². The minimum absolute atomic E-state index is 0.0618. The molecule has 5 aliphatic rings. The summed E-state index contributed by atoms with van der Waals surface area (Å²) in [6.45, 7) is 9.88. The summed E-state index contributed by atoms with van der Waals surface area (Å²) in [5.74, 6) is 2.66. The number of hydrogen-bond acceptors (Lipinski definition) is 5. The van der Waals surface area contributed by atoms with Crippen LogP contribution in [0, 0.1) is 23.7 Å². The van der Waals surface area contributed by atoms with Gasteiger partial charge >= 0.3 is 6.09 Å². The highest BCUT2D eigenvalue weighted by atomic mass is 16.6. The molecule has 7 heteroatoms. The molecule has 0 aromatic carbocycles. The summed E-state index contributed by atoms with van der Waals surface area (Å²) in [6, 6.07) is 0.287. The van der Waals surface area contributed by atoms with Gasteiger partial charge in [-0.05, 0) is 83.5 Å². The lowest BCUT2D eigenvalue weighted by Crippen LogP contribution is -2.67. The zero-order valence-electron chi connectivity index (χ0n) is 20.2. The van der Waals surface area contributed by atoms with Crippen LogP contribution in [0.4, 0.5) is 4.79 Å². The first-order valence-corrected chi connectivity index (χ1v) is 13.2. The topological polar surface area (TPSA) is 65.1 Å². The summed E-state index contributed by atoms with van der Waals surface area (Å²) in [4.78, 5) is 30.4. The second kappa shape index (κ2) is 9.13. The predicted octanol–water partition coefficient (Wildman–Crippen LogP) is 3.25. The predicted molar refractivity (Wildman–Crippen MR) is 123 cm³/mol. The largest absolute Gasteiger partial charge is 0.447 e. The molecule has 0 bridgehead atoms. The minimum Gasteiger partial charge on any atom is -0.447 e. The van der Waals surface area contributed by atoms with Crippen LogP contribution < -0.4 is 5.43 Å². The molecule has 32 heavy (non-hydrogen) atoms. The minimum atomic E-state index is -0.197. The van der Waals surface area contributed by atoms with Crippen molar-refractivity contribution >= 4 is 12.0 Å². The Morgan fingerprint density at radius 3 is 2.44 bits per heavy atom. The lowest BCUT2D eigenvalue weighted by molar-refractivity contribution is -0.146. The van der Waals surface area contributed by atoms with E-state index in [9.17, 15) is 9.59 Å². The molecule has 0 aromatic rings. The van der Waals surface area contributed by atoms with E-state index in [2.05, 4.69) is 22.3 Å². The molecule has 7 nitrogen and oxygen atoms in total. The monoisotopic (exact) mass is 446 g/mol. The maximum absolute atomic E-state index is 13.2. The van der Waals surface area contributed by atoms with Crippen molar-refractivity contribution in [3.8, 4) is 0 Å². The summed E-state index contributed by atoms with van der Waals surface area (Å²) < 4.78 is 5.65. The van der Waals surface area contributed by atoms with E-state index >= 15 is 0 Å². The van der Waals surface area contributed by atoms with E-state index < -0.39 is 0 Å². The molecule has 2 amide bonds. The number of carbonyl (C=O) groups excluding carboxylic acids is 2. The van der Waals surface area contributed by atoms with Crippen LogP contribution in [0.5, 0.6) is 0 Å². The zero-order valence-corrected chi connectivity index (χ0v) is 20.2. The second-order valence-electron chi connectivity index (χ2n) is 11.5. The molecule has 0 spiro atoms. The summed E-state index contributed by atoms with van der Waals surface area (Å²) in [5.41, 5.74) is 3.66. The number of nitrogens with zero attached hydrogens (tertiary/aromatic N) is 3. The van der Waals surface area contributed by atoms with Crippen molar-refractivity contribution < 1.29 is 14.3 Å². The fraction of sp³-hybridized carbons (Fsp3) is 0.920. The highest BCUT2D eigenvalue weighted by Gasteiger charge is 2.51. The number of piperazine rings is 1.